The zero-order chi connectivity index (χ0) is 21.6. The number of fused-ring (bicyclic) bond motifs is 1. The molecule has 3 rings (SSSR count). The van der Waals surface area contributed by atoms with Crippen molar-refractivity contribution in [2.75, 3.05) is 6.54 Å². The number of carbonyl (C=O) groups excluding carboxylic acids is 1. The Bertz CT molecular complexity index is 1150. The van der Waals surface area contributed by atoms with Crippen molar-refractivity contribution in [2.45, 2.75) is 32.8 Å². The fourth-order valence-corrected chi connectivity index (χ4v) is 2.92. The predicted molar refractivity (Wildman–Crippen MR) is 119 cm³/mol. The van der Waals surface area contributed by atoms with E-state index >= 15 is 0 Å². The summed E-state index contributed by atoms with van der Waals surface area (Å²) in [6.45, 7) is 6.04. The fourth-order valence-electron chi connectivity index (χ4n) is 2.92. The van der Waals surface area contributed by atoms with E-state index in [1.54, 1.807) is 0 Å². The van der Waals surface area contributed by atoms with Gasteiger partial charge in [0.05, 0.1) is 11.6 Å². The van der Waals surface area contributed by atoms with Gasteiger partial charge >= 0.3 is 6.09 Å². The normalized spacial score (nSPS) is 10.6. The molecule has 3 aromatic carbocycles. The Morgan fingerprint density at radius 3 is 2.10 bits per heavy atom. The quantitative estimate of drug-likeness (QED) is 0.621. The van der Waals surface area contributed by atoms with E-state index in [1.807, 2.05) is 81.4 Å². The Morgan fingerprint density at radius 1 is 0.900 bits per heavy atom. The monoisotopic (exact) mass is 396 g/mol. The largest absolute Gasteiger partial charge is 0.444 e. The van der Waals surface area contributed by atoms with Crippen molar-refractivity contribution in [3.63, 3.8) is 0 Å². The first kappa shape index (κ1) is 21.0. The SMILES string of the molecule is CC(C)(C)OC(=O)NCCc1ccc(C#Cc2ccc3cc(C#N)ccc3c2)cc1. The van der Waals surface area contributed by atoms with Crippen LogP contribution in [0.25, 0.3) is 10.8 Å². The summed E-state index contributed by atoms with van der Waals surface area (Å²) in [6, 6.07) is 21.8. The number of carbonyl (C=O) groups is 1. The van der Waals surface area contributed by atoms with Crippen molar-refractivity contribution in [1.82, 2.24) is 5.32 Å². The van der Waals surface area contributed by atoms with Crippen LogP contribution in [0.1, 0.15) is 43.0 Å². The van der Waals surface area contributed by atoms with Crippen LogP contribution in [-0.4, -0.2) is 18.2 Å². The van der Waals surface area contributed by atoms with E-state index in [-0.39, 0.29) is 0 Å². The summed E-state index contributed by atoms with van der Waals surface area (Å²) in [6.07, 6.45) is 0.326. The van der Waals surface area contributed by atoms with Crippen molar-refractivity contribution in [2.24, 2.45) is 0 Å². The van der Waals surface area contributed by atoms with E-state index in [2.05, 4.69) is 23.2 Å². The van der Waals surface area contributed by atoms with Crippen LogP contribution in [0.3, 0.4) is 0 Å². The molecule has 0 aliphatic carbocycles. The van der Waals surface area contributed by atoms with Crippen LogP contribution in [-0.2, 0) is 11.2 Å². The maximum absolute atomic E-state index is 11.7. The van der Waals surface area contributed by atoms with Gasteiger partial charge in [-0.25, -0.2) is 4.79 Å². The predicted octanol–water partition coefficient (Wildman–Crippen LogP) is 5.18. The van der Waals surface area contributed by atoms with Crippen LogP contribution in [0.4, 0.5) is 4.79 Å². The third-order valence-electron chi connectivity index (χ3n) is 4.36. The molecular weight excluding hydrogens is 372 g/mol. The van der Waals surface area contributed by atoms with Gasteiger partial charge in [0.1, 0.15) is 5.60 Å². The van der Waals surface area contributed by atoms with Crippen molar-refractivity contribution < 1.29 is 9.53 Å². The van der Waals surface area contributed by atoms with Gasteiger partial charge in [-0.1, -0.05) is 36.1 Å². The highest BCUT2D eigenvalue weighted by Crippen LogP contribution is 2.17. The maximum Gasteiger partial charge on any atom is 0.407 e. The van der Waals surface area contributed by atoms with E-state index in [0.29, 0.717) is 12.1 Å². The highest BCUT2D eigenvalue weighted by Gasteiger charge is 2.15. The molecule has 1 N–H and O–H groups in total. The van der Waals surface area contributed by atoms with Gasteiger partial charge in [-0.3, -0.25) is 0 Å². The first-order valence-corrected chi connectivity index (χ1v) is 9.84. The molecule has 3 aromatic rings. The lowest BCUT2D eigenvalue weighted by Crippen LogP contribution is -2.33. The standard InChI is InChI=1S/C26H24N2O2/c1-26(2,3)30-25(29)28-15-14-20-6-4-19(5-7-20)8-9-21-10-12-24-17-22(18-27)11-13-23(24)16-21/h4-7,10-13,16-17H,14-15H2,1-3H3,(H,28,29). The molecule has 0 bridgehead atoms. The lowest BCUT2D eigenvalue weighted by molar-refractivity contribution is 0.0528. The molecule has 0 saturated heterocycles. The minimum Gasteiger partial charge on any atom is -0.444 e. The van der Waals surface area contributed by atoms with Gasteiger partial charge in [0.2, 0.25) is 0 Å². The lowest BCUT2D eigenvalue weighted by Gasteiger charge is -2.19. The Morgan fingerprint density at radius 2 is 1.47 bits per heavy atom. The molecule has 4 nitrogen and oxygen atoms in total. The Labute approximate surface area is 177 Å². The highest BCUT2D eigenvalue weighted by molar-refractivity contribution is 5.85. The zero-order valence-corrected chi connectivity index (χ0v) is 17.5. The molecule has 30 heavy (non-hydrogen) atoms. The van der Waals surface area contributed by atoms with Crippen LogP contribution >= 0.6 is 0 Å². The minimum absolute atomic E-state index is 0.399. The van der Waals surface area contributed by atoms with Crippen molar-refractivity contribution in [1.29, 1.82) is 5.26 Å². The molecule has 4 heteroatoms. The molecule has 0 heterocycles. The summed E-state index contributed by atoms with van der Waals surface area (Å²) >= 11 is 0. The number of rotatable bonds is 3. The first-order valence-electron chi connectivity index (χ1n) is 9.84. The molecule has 0 saturated carbocycles. The topological polar surface area (TPSA) is 62.1 Å². The second-order valence-electron chi connectivity index (χ2n) is 8.01. The van der Waals surface area contributed by atoms with Gasteiger partial charge < -0.3 is 10.1 Å². The number of nitrogens with one attached hydrogen (secondary N) is 1. The third-order valence-corrected chi connectivity index (χ3v) is 4.36. The summed E-state index contributed by atoms with van der Waals surface area (Å²) in [4.78, 5) is 11.7. The van der Waals surface area contributed by atoms with Gasteiger partial charge in [-0.15, -0.1) is 0 Å². The van der Waals surface area contributed by atoms with Gasteiger partial charge in [-0.2, -0.15) is 5.26 Å². The average molecular weight is 396 g/mol. The van der Waals surface area contributed by atoms with E-state index in [0.717, 1.165) is 33.9 Å². The molecule has 0 radical (unpaired) electrons. The highest BCUT2D eigenvalue weighted by atomic mass is 16.6. The van der Waals surface area contributed by atoms with E-state index < -0.39 is 11.7 Å². The number of nitriles is 1. The number of alkyl carbamates (subject to hydrolysis) is 1. The number of nitrogens with zero attached hydrogens (tertiary/aromatic N) is 1. The molecule has 0 aliphatic rings. The second kappa shape index (κ2) is 9.16. The Hall–Kier alpha value is -3.76. The molecule has 0 spiro atoms. The van der Waals surface area contributed by atoms with Gasteiger partial charge in [0.25, 0.3) is 0 Å². The molecule has 0 aliphatic heterocycles. The molecule has 0 fully saturated rings. The number of ether oxygens (including phenoxy) is 1. The average Bonchev–Trinajstić information content (AvgIpc) is 2.71. The lowest BCUT2D eigenvalue weighted by atomic mass is 10.0. The number of hydrogen-bond donors (Lipinski definition) is 1. The number of benzene rings is 3. The molecule has 0 aromatic heterocycles. The Kier molecular flexibility index (Phi) is 6.40. The van der Waals surface area contributed by atoms with E-state index in [1.165, 1.54) is 0 Å². The van der Waals surface area contributed by atoms with Crippen molar-refractivity contribution in [3.8, 4) is 17.9 Å². The van der Waals surface area contributed by atoms with Crippen LogP contribution in [0, 0.1) is 23.2 Å². The smallest absolute Gasteiger partial charge is 0.407 e. The maximum atomic E-state index is 11.7. The van der Waals surface area contributed by atoms with Crippen LogP contribution in [0.5, 0.6) is 0 Å². The molecule has 0 unspecified atom stereocenters. The van der Waals surface area contributed by atoms with Crippen LogP contribution in [0.2, 0.25) is 0 Å². The van der Waals surface area contributed by atoms with Crippen LogP contribution < -0.4 is 5.32 Å². The molecule has 0 atom stereocenters. The summed E-state index contributed by atoms with van der Waals surface area (Å²) in [7, 11) is 0. The second-order valence-corrected chi connectivity index (χ2v) is 8.01. The van der Waals surface area contributed by atoms with Gasteiger partial charge in [0.15, 0.2) is 0 Å². The number of amides is 1. The fraction of sp³-hybridized carbons (Fsp3) is 0.231. The minimum atomic E-state index is -0.491. The van der Waals surface area contributed by atoms with Crippen LogP contribution in [0.15, 0.2) is 60.7 Å². The molecule has 150 valence electrons. The van der Waals surface area contributed by atoms with Crippen molar-refractivity contribution in [3.05, 3.63) is 82.9 Å². The summed E-state index contributed by atoms with van der Waals surface area (Å²) in [5.74, 6) is 6.38. The van der Waals surface area contributed by atoms with Crippen molar-refractivity contribution >= 4 is 16.9 Å². The van der Waals surface area contributed by atoms with Gasteiger partial charge in [0, 0.05) is 17.7 Å². The Balaban J connectivity index is 1.59. The third kappa shape index (κ3) is 6.12. The number of hydrogen-bond acceptors (Lipinski definition) is 3. The van der Waals surface area contributed by atoms with Gasteiger partial charge in [-0.05, 0) is 79.9 Å². The summed E-state index contributed by atoms with van der Waals surface area (Å²) in [5, 5.41) is 13.9. The first-order chi connectivity index (χ1) is 14.3. The molecular formula is C26H24N2O2. The molecule has 1 amide bonds. The summed E-state index contributed by atoms with van der Waals surface area (Å²) < 4.78 is 5.22. The van der Waals surface area contributed by atoms with E-state index in [4.69, 9.17) is 10.00 Å². The van der Waals surface area contributed by atoms with E-state index in [9.17, 15) is 4.79 Å². The zero-order valence-electron chi connectivity index (χ0n) is 17.5. The summed E-state index contributed by atoms with van der Waals surface area (Å²) in [5.41, 5.74) is 3.14.